The first-order valence-electron chi connectivity index (χ1n) is 3.62. The van der Waals surface area contributed by atoms with Crippen LogP contribution in [0, 0.1) is 0 Å². The van der Waals surface area contributed by atoms with Gasteiger partial charge in [-0.1, -0.05) is 6.07 Å². The van der Waals surface area contributed by atoms with Crippen molar-refractivity contribution < 1.29 is 9.53 Å². The van der Waals surface area contributed by atoms with Crippen molar-refractivity contribution in [1.82, 2.24) is 0 Å². The maximum Gasteiger partial charge on any atom is 0.315 e. The number of carbonyl (C=O) groups excluding carboxylic acids is 1. The van der Waals surface area contributed by atoms with Crippen molar-refractivity contribution in [3.8, 4) is 0 Å². The summed E-state index contributed by atoms with van der Waals surface area (Å²) < 4.78 is 4.86. The fourth-order valence-corrected chi connectivity index (χ4v) is 1.55. The molecule has 1 aromatic heterocycles. The van der Waals surface area contributed by atoms with Crippen LogP contribution in [0.1, 0.15) is 4.88 Å². The summed E-state index contributed by atoms with van der Waals surface area (Å²) in [6.07, 6.45) is 0.803. The summed E-state index contributed by atoms with van der Waals surface area (Å²) >= 11 is 5.46. The summed E-state index contributed by atoms with van der Waals surface area (Å²) in [5.41, 5.74) is 0. The Bertz CT molecular complexity index is 231. The highest BCUT2D eigenvalue weighted by atomic mass is 32.1. The van der Waals surface area contributed by atoms with E-state index < -0.39 is 0 Å². The smallest absolute Gasteiger partial charge is 0.315 e. The lowest BCUT2D eigenvalue weighted by atomic mass is 10.4. The highest BCUT2D eigenvalue weighted by Gasteiger charge is 1.98. The Hall–Kier alpha value is -0.480. The van der Waals surface area contributed by atoms with Crippen LogP contribution in [0.25, 0.3) is 0 Å². The number of carbonyl (C=O) groups is 1. The monoisotopic (exact) mass is 202 g/mol. The lowest BCUT2D eigenvalue weighted by molar-refractivity contribution is -0.140. The molecule has 0 aliphatic carbocycles. The second-order valence-electron chi connectivity index (χ2n) is 2.21. The second kappa shape index (κ2) is 5.22. The van der Waals surface area contributed by atoms with E-state index in [1.807, 2.05) is 17.5 Å². The van der Waals surface area contributed by atoms with E-state index in [0.29, 0.717) is 6.61 Å². The minimum atomic E-state index is -0.255. The van der Waals surface area contributed by atoms with Gasteiger partial charge in [0.1, 0.15) is 0 Å². The van der Waals surface area contributed by atoms with Gasteiger partial charge >= 0.3 is 5.97 Å². The average molecular weight is 202 g/mol. The van der Waals surface area contributed by atoms with Gasteiger partial charge in [-0.3, -0.25) is 4.79 Å². The number of hydrogen-bond donors (Lipinski definition) is 1. The Kier molecular flexibility index (Phi) is 4.18. The second-order valence-corrected chi connectivity index (χ2v) is 3.56. The molecule has 4 heteroatoms. The number of esters is 1. The maximum atomic E-state index is 10.6. The van der Waals surface area contributed by atoms with Crippen molar-refractivity contribution >= 4 is 29.9 Å². The lowest BCUT2D eigenvalue weighted by Gasteiger charge is -2.00. The van der Waals surface area contributed by atoms with Gasteiger partial charge in [-0.05, 0) is 11.4 Å². The predicted octanol–water partition coefficient (Wildman–Crippen LogP) is 1.76. The molecule has 0 spiro atoms. The topological polar surface area (TPSA) is 26.3 Å². The van der Waals surface area contributed by atoms with Crippen LogP contribution in [0.5, 0.6) is 0 Å². The summed E-state index contributed by atoms with van der Waals surface area (Å²) in [4.78, 5) is 11.9. The minimum absolute atomic E-state index is 0.157. The largest absolute Gasteiger partial charge is 0.465 e. The van der Waals surface area contributed by atoms with Crippen molar-refractivity contribution in [2.75, 3.05) is 12.4 Å². The number of thiophene rings is 1. The van der Waals surface area contributed by atoms with Gasteiger partial charge in [-0.2, -0.15) is 12.6 Å². The first kappa shape index (κ1) is 9.61. The molecule has 0 aliphatic rings. The van der Waals surface area contributed by atoms with Gasteiger partial charge in [0.2, 0.25) is 0 Å². The summed E-state index contributed by atoms with van der Waals surface area (Å²) in [6.45, 7) is 0.458. The third kappa shape index (κ3) is 3.28. The number of thiol groups is 1. The predicted molar refractivity (Wildman–Crippen MR) is 52.8 cm³/mol. The molecule has 1 aromatic rings. The summed E-state index contributed by atoms with van der Waals surface area (Å²) in [5.74, 6) is -0.0975. The molecule has 0 aliphatic heterocycles. The lowest BCUT2D eigenvalue weighted by Crippen LogP contribution is -2.07. The molecule has 0 fully saturated rings. The Morgan fingerprint density at radius 3 is 3.08 bits per heavy atom. The minimum Gasteiger partial charge on any atom is -0.465 e. The van der Waals surface area contributed by atoms with Crippen LogP contribution in [-0.2, 0) is 16.0 Å². The molecule has 1 rings (SSSR count). The van der Waals surface area contributed by atoms with E-state index in [4.69, 9.17) is 4.74 Å². The highest BCUT2D eigenvalue weighted by Crippen LogP contribution is 2.08. The van der Waals surface area contributed by atoms with Crippen LogP contribution in [-0.4, -0.2) is 18.3 Å². The van der Waals surface area contributed by atoms with Gasteiger partial charge in [0.05, 0.1) is 12.4 Å². The molecule has 0 amide bonds. The fourth-order valence-electron chi connectivity index (χ4n) is 0.766. The van der Waals surface area contributed by atoms with Gasteiger partial charge in [-0.25, -0.2) is 0 Å². The molecule has 0 atom stereocenters. The van der Waals surface area contributed by atoms with E-state index in [2.05, 4.69) is 12.6 Å². The first-order valence-corrected chi connectivity index (χ1v) is 5.13. The fraction of sp³-hybridized carbons (Fsp3) is 0.375. The third-order valence-electron chi connectivity index (χ3n) is 1.32. The van der Waals surface area contributed by atoms with E-state index in [0.717, 1.165) is 6.42 Å². The molecule has 0 N–H and O–H groups in total. The quantitative estimate of drug-likeness (QED) is 0.595. The molecule has 12 heavy (non-hydrogen) atoms. The SMILES string of the molecule is O=C(CS)OCCc1cccs1. The van der Waals surface area contributed by atoms with Crippen LogP contribution < -0.4 is 0 Å². The highest BCUT2D eigenvalue weighted by molar-refractivity contribution is 7.81. The third-order valence-corrected chi connectivity index (χ3v) is 2.52. The molecule has 0 unspecified atom stereocenters. The molecule has 0 bridgehead atoms. The van der Waals surface area contributed by atoms with Crippen LogP contribution in [0.4, 0.5) is 0 Å². The molecular weight excluding hydrogens is 192 g/mol. The van der Waals surface area contributed by atoms with Crippen LogP contribution in [0.2, 0.25) is 0 Å². The zero-order valence-corrected chi connectivity index (χ0v) is 8.24. The Balaban J connectivity index is 2.15. The summed E-state index contributed by atoms with van der Waals surface area (Å²) in [5, 5.41) is 2.01. The van der Waals surface area contributed by atoms with Crippen molar-refractivity contribution in [3.05, 3.63) is 22.4 Å². The van der Waals surface area contributed by atoms with E-state index >= 15 is 0 Å². The Morgan fingerprint density at radius 2 is 2.50 bits per heavy atom. The van der Waals surface area contributed by atoms with Crippen LogP contribution >= 0.6 is 24.0 Å². The van der Waals surface area contributed by atoms with Crippen molar-refractivity contribution in [2.45, 2.75) is 6.42 Å². The van der Waals surface area contributed by atoms with E-state index in [-0.39, 0.29) is 11.7 Å². The Morgan fingerprint density at radius 1 is 1.67 bits per heavy atom. The summed E-state index contributed by atoms with van der Waals surface area (Å²) in [7, 11) is 0. The van der Waals surface area contributed by atoms with Crippen molar-refractivity contribution in [1.29, 1.82) is 0 Å². The molecule has 0 aromatic carbocycles. The van der Waals surface area contributed by atoms with Gasteiger partial charge < -0.3 is 4.74 Å². The van der Waals surface area contributed by atoms with Crippen molar-refractivity contribution in [3.63, 3.8) is 0 Å². The Labute approximate surface area is 81.0 Å². The normalized spacial score (nSPS) is 9.75. The van der Waals surface area contributed by atoms with E-state index in [9.17, 15) is 4.79 Å². The molecule has 0 saturated heterocycles. The summed E-state index contributed by atoms with van der Waals surface area (Å²) in [6, 6.07) is 4.01. The zero-order valence-electron chi connectivity index (χ0n) is 6.53. The van der Waals surface area contributed by atoms with Gasteiger partial charge in [-0.15, -0.1) is 11.3 Å². The first-order chi connectivity index (χ1) is 5.83. The molecule has 0 saturated carbocycles. The standard InChI is InChI=1S/C8H10O2S2/c9-8(6-11)10-4-3-7-2-1-5-12-7/h1-2,5,11H,3-4,6H2. The average Bonchev–Trinajstić information content (AvgIpc) is 2.57. The molecular formula is C8H10O2S2. The molecule has 2 nitrogen and oxygen atoms in total. The van der Waals surface area contributed by atoms with E-state index in [1.165, 1.54) is 4.88 Å². The van der Waals surface area contributed by atoms with Crippen molar-refractivity contribution in [2.24, 2.45) is 0 Å². The molecule has 1 heterocycles. The zero-order chi connectivity index (χ0) is 8.81. The molecule has 0 radical (unpaired) electrons. The number of hydrogen-bond acceptors (Lipinski definition) is 4. The molecule has 66 valence electrons. The van der Waals surface area contributed by atoms with Gasteiger partial charge in [0.25, 0.3) is 0 Å². The van der Waals surface area contributed by atoms with E-state index in [1.54, 1.807) is 11.3 Å². The maximum absolute atomic E-state index is 10.6. The van der Waals surface area contributed by atoms with Gasteiger partial charge in [0.15, 0.2) is 0 Å². The van der Waals surface area contributed by atoms with Crippen LogP contribution in [0.3, 0.4) is 0 Å². The number of rotatable bonds is 4. The van der Waals surface area contributed by atoms with Crippen LogP contribution in [0.15, 0.2) is 17.5 Å². The van der Waals surface area contributed by atoms with Gasteiger partial charge in [0, 0.05) is 11.3 Å². The number of ether oxygens (including phenoxy) is 1.